The molecule has 0 aliphatic carbocycles. The molecule has 0 atom stereocenters. The first-order chi connectivity index (χ1) is 13.6. The van der Waals surface area contributed by atoms with Gasteiger partial charge in [-0.25, -0.2) is 19.7 Å². The van der Waals surface area contributed by atoms with Gasteiger partial charge in [-0.2, -0.15) is 13.2 Å². The van der Waals surface area contributed by atoms with Gasteiger partial charge in [0.05, 0.1) is 17.6 Å². The Labute approximate surface area is 160 Å². The molecule has 4 aromatic heterocycles. The minimum atomic E-state index is -4.68. The van der Waals surface area contributed by atoms with Crippen molar-refractivity contribution in [1.82, 2.24) is 28.5 Å². The number of fused-ring (bicyclic) bond motifs is 2. The van der Waals surface area contributed by atoms with Gasteiger partial charge >= 0.3 is 11.9 Å². The van der Waals surface area contributed by atoms with E-state index < -0.39 is 23.1 Å². The van der Waals surface area contributed by atoms with Crippen molar-refractivity contribution in [2.75, 3.05) is 0 Å². The first-order valence-corrected chi connectivity index (χ1v) is 8.56. The second-order valence-electron chi connectivity index (χ2n) is 6.74. The van der Waals surface area contributed by atoms with Gasteiger partial charge in [-0.1, -0.05) is 0 Å². The molecule has 0 radical (unpaired) electrons. The van der Waals surface area contributed by atoms with Crippen LogP contribution in [0.3, 0.4) is 0 Å². The van der Waals surface area contributed by atoms with Gasteiger partial charge in [0.2, 0.25) is 5.78 Å². The molecule has 0 fully saturated rings. The van der Waals surface area contributed by atoms with Crippen LogP contribution in [-0.4, -0.2) is 28.5 Å². The Bertz CT molecular complexity index is 1400. The number of halogens is 3. The number of rotatable bonds is 2. The van der Waals surface area contributed by atoms with Gasteiger partial charge in [-0.15, -0.1) is 0 Å². The summed E-state index contributed by atoms with van der Waals surface area (Å²) in [6, 6.07) is 3.62. The van der Waals surface area contributed by atoms with Crippen LogP contribution in [0.4, 0.5) is 13.2 Å². The van der Waals surface area contributed by atoms with Crippen molar-refractivity contribution < 1.29 is 13.2 Å². The fourth-order valence-corrected chi connectivity index (χ4v) is 3.23. The number of aromatic nitrogens is 6. The molecule has 0 amide bonds. The summed E-state index contributed by atoms with van der Waals surface area (Å²) in [7, 11) is 1.27. The Morgan fingerprint density at radius 3 is 2.48 bits per heavy atom. The molecule has 0 saturated carbocycles. The molecule has 0 aliphatic heterocycles. The second kappa shape index (κ2) is 6.26. The number of hydrogen-bond acceptors (Lipinski definition) is 5. The molecule has 11 heteroatoms. The first kappa shape index (κ1) is 18.8. The van der Waals surface area contributed by atoms with Gasteiger partial charge in [0.15, 0.2) is 0 Å². The van der Waals surface area contributed by atoms with Crippen LogP contribution in [0.2, 0.25) is 0 Å². The van der Waals surface area contributed by atoms with Crippen molar-refractivity contribution in [2.45, 2.75) is 26.6 Å². The molecule has 150 valence electrons. The van der Waals surface area contributed by atoms with Crippen LogP contribution in [0, 0.1) is 13.8 Å². The molecule has 4 rings (SSSR count). The summed E-state index contributed by atoms with van der Waals surface area (Å²) in [5, 5.41) is -0.0889. The molecule has 0 unspecified atom stereocenters. The Balaban J connectivity index is 1.88. The summed E-state index contributed by atoms with van der Waals surface area (Å²) >= 11 is 0. The molecule has 29 heavy (non-hydrogen) atoms. The van der Waals surface area contributed by atoms with Gasteiger partial charge in [-0.05, 0) is 32.0 Å². The zero-order valence-corrected chi connectivity index (χ0v) is 15.7. The lowest BCUT2D eigenvalue weighted by atomic mass is 10.2. The second-order valence-corrected chi connectivity index (χ2v) is 6.74. The summed E-state index contributed by atoms with van der Waals surface area (Å²) in [4.78, 5) is 37.6. The highest BCUT2D eigenvalue weighted by Crippen LogP contribution is 2.28. The van der Waals surface area contributed by atoms with E-state index in [1.807, 2.05) is 19.9 Å². The van der Waals surface area contributed by atoms with E-state index >= 15 is 0 Å². The first-order valence-electron chi connectivity index (χ1n) is 8.56. The molecule has 0 saturated heterocycles. The quantitative estimate of drug-likeness (QED) is 0.509. The van der Waals surface area contributed by atoms with Gasteiger partial charge in [-0.3, -0.25) is 18.3 Å². The predicted octanol–water partition coefficient (Wildman–Crippen LogP) is 1.82. The average Bonchev–Trinajstić information content (AvgIpc) is 3.05. The van der Waals surface area contributed by atoms with E-state index in [0.29, 0.717) is 11.5 Å². The van der Waals surface area contributed by atoms with E-state index in [9.17, 15) is 22.8 Å². The maximum Gasteiger partial charge on any atom is 0.433 e. The normalized spacial score (nSPS) is 12.2. The van der Waals surface area contributed by atoms with E-state index in [-0.39, 0.29) is 17.6 Å². The number of aryl methyl sites for hydroxylation is 3. The van der Waals surface area contributed by atoms with Crippen molar-refractivity contribution in [2.24, 2.45) is 7.05 Å². The summed E-state index contributed by atoms with van der Waals surface area (Å²) in [6.45, 7) is 3.55. The van der Waals surface area contributed by atoms with Crippen molar-refractivity contribution >= 4 is 16.8 Å². The fraction of sp³-hybridized carbons (Fsp3) is 0.278. The Morgan fingerprint density at radius 1 is 1.07 bits per heavy atom. The van der Waals surface area contributed by atoms with Crippen LogP contribution in [-0.2, 0) is 19.8 Å². The van der Waals surface area contributed by atoms with Crippen molar-refractivity contribution in [1.29, 1.82) is 0 Å². The highest BCUT2D eigenvalue weighted by molar-refractivity contribution is 5.74. The average molecular weight is 404 g/mol. The zero-order valence-electron chi connectivity index (χ0n) is 15.7. The topological polar surface area (TPSA) is 87.1 Å². The number of pyridine rings is 1. The van der Waals surface area contributed by atoms with Crippen LogP contribution in [0.5, 0.6) is 0 Å². The Kier molecular flexibility index (Phi) is 4.07. The third-order valence-electron chi connectivity index (χ3n) is 4.61. The van der Waals surface area contributed by atoms with E-state index in [4.69, 9.17) is 0 Å². The van der Waals surface area contributed by atoms with Gasteiger partial charge in [0.1, 0.15) is 11.3 Å². The lowest BCUT2D eigenvalue weighted by Gasteiger charge is -2.11. The minimum absolute atomic E-state index is 0.0889. The summed E-state index contributed by atoms with van der Waals surface area (Å²) in [5.41, 5.74) is -0.936. The highest BCUT2D eigenvalue weighted by atomic mass is 19.4. The standard InChI is InChI=1S/C18H15F3N6O2/c1-9-6-10(2)26-7-11(23-16(26)22-9)8-27-15(28)12-4-5-13(18(19,20)21)24-14(12)25(3)17(27)29/h4-7H,8H2,1-3H3. The third kappa shape index (κ3) is 3.08. The molecular formula is C18H15F3N6O2. The monoisotopic (exact) mass is 404 g/mol. The van der Waals surface area contributed by atoms with Crippen molar-refractivity contribution in [3.05, 3.63) is 68.0 Å². The molecule has 4 heterocycles. The zero-order chi connectivity index (χ0) is 21.1. The van der Waals surface area contributed by atoms with Crippen LogP contribution >= 0.6 is 0 Å². The number of nitrogens with zero attached hydrogens (tertiary/aromatic N) is 6. The Morgan fingerprint density at radius 2 is 1.79 bits per heavy atom. The molecule has 8 nitrogen and oxygen atoms in total. The molecule has 4 aromatic rings. The molecule has 0 N–H and O–H groups in total. The lowest BCUT2D eigenvalue weighted by molar-refractivity contribution is -0.141. The molecule has 0 spiro atoms. The van der Waals surface area contributed by atoms with Crippen molar-refractivity contribution in [3.8, 4) is 0 Å². The largest absolute Gasteiger partial charge is 0.433 e. The summed E-state index contributed by atoms with van der Waals surface area (Å²) in [6.07, 6.45) is -3.02. The van der Waals surface area contributed by atoms with Crippen molar-refractivity contribution in [3.63, 3.8) is 0 Å². The third-order valence-corrected chi connectivity index (χ3v) is 4.61. The maximum absolute atomic E-state index is 12.9. The molecular weight excluding hydrogens is 389 g/mol. The Hall–Kier alpha value is -3.50. The van der Waals surface area contributed by atoms with Crippen LogP contribution in [0.15, 0.2) is 34.0 Å². The van der Waals surface area contributed by atoms with Gasteiger partial charge in [0.25, 0.3) is 5.56 Å². The summed E-state index contributed by atoms with van der Waals surface area (Å²) in [5.74, 6) is 0.430. The molecule has 0 aromatic carbocycles. The SMILES string of the molecule is Cc1cc(C)n2cc(Cn3c(=O)c4ccc(C(F)(F)F)nc4n(C)c3=O)nc2n1. The van der Waals surface area contributed by atoms with Crippen LogP contribution in [0.1, 0.15) is 22.8 Å². The highest BCUT2D eigenvalue weighted by Gasteiger charge is 2.33. The lowest BCUT2D eigenvalue weighted by Crippen LogP contribution is -2.39. The van der Waals surface area contributed by atoms with Crippen LogP contribution in [0.25, 0.3) is 16.8 Å². The number of hydrogen-bond donors (Lipinski definition) is 0. The fourth-order valence-electron chi connectivity index (χ4n) is 3.23. The number of alkyl halides is 3. The number of imidazole rings is 1. The minimum Gasteiger partial charge on any atom is -0.288 e. The van der Waals surface area contributed by atoms with Crippen LogP contribution < -0.4 is 11.2 Å². The van der Waals surface area contributed by atoms with E-state index in [0.717, 1.165) is 32.7 Å². The predicted molar refractivity (Wildman–Crippen MR) is 97.8 cm³/mol. The van der Waals surface area contributed by atoms with Gasteiger partial charge < -0.3 is 0 Å². The maximum atomic E-state index is 12.9. The summed E-state index contributed by atoms with van der Waals surface area (Å²) < 4.78 is 42.4. The smallest absolute Gasteiger partial charge is 0.288 e. The molecule has 0 bridgehead atoms. The van der Waals surface area contributed by atoms with Gasteiger partial charge in [0, 0.05) is 24.6 Å². The molecule has 0 aliphatic rings. The van der Waals surface area contributed by atoms with E-state index in [2.05, 4.69) is 15.0 Å². The van der Waals surface area contributed by atoms with E-state index in [1.54, 1.807) is 10.6 Å². The van der Waals surface area contributed by atoms with E-state index in [1.165, 1.54) is 7.05 Å².